The summed E-state index contributed by atoms with van der Waals surface area (Å²) in [5, 5.41) is 0. The molecule has 2 rings (SSSR count). The molecule has 0 heterocycles. The van der Waals surface area contributed by atoms with E-state index in [1.165, 1.54) is 0 Å². The Kier molecular flexibility index (Phi) is 18.3. The van der Waals surface area contributed by atoms with Gasteiger partial charge in [-0.1, -0.05) is 61.5 Å². The lowest BCUT2D eigenvalue weighted by molar-refractivity contribution is 0.588. The van der Waals surface area contributed by atoms with Gasteiger partial charge in [-0.05, 0) is 219 Å². The monoisotopic (exact) mass is 660 g/mol. The average molecular weight is 661 g/mol. The standard InChI is InChI=1S/C53H24/c1-8-12-16-20-24-26-29-30-34-39-46-41-38-42-47(40-35-31-28-25-21-17-13-9-2)52-49(44-37-33-27-22-18-14-10-3)48(43-36-32-23-19-15-11-4)51(45-50(46)52)53(5,6)7/h4,45H,1-2,38,41-42H2,3,5-7H3. The molecule has 0 amide bonds. The van der Waals surface area contributed by atoms with Crippen LogP contribution in [0, 0.1) is 95.2 Å². The van der Waals surface area contributed by atoms with Crippen LogP contribution in [-0.2, 0) is 5.41 Å². The predicted molar refractivity (Wildman–Crippen MR) is 211 cm³/mol. The maximum Gasteiger partial charge on any atom is 0.0503 e. The van der Waals surface area contributed by atoms with Gasteiger partial charge >= 0.3 is 0 Å². The van der Waals surface area contributed by atoms with E-state index in [1.54, 1.807) is 6.92 Å². The first-order chi connectivity index (χ1) is 25.9. The Bertz CT molecular complexity index is 3050. The third kappa shape index (κ3) is 15.2. The molecular formula is C53H24. The van der Waals surface area contributed by atoms with Gasteiger partial charge in [0.05, 0.1) is 5.56 Å². The Morgan fingerprint density at radius 1 is 0.528 bits per heavy atom. The highest BCUT2D eigenvalue weighted by molar-refractivity contribution is 5.87. The number of hydrogen-bond donors (Lipinski definition) is 0. The largest absolute Gasteiger partial charge is 0.106 e. The molecule has 0 fully saturated rings. The number of fused-ring (bicyclic) bond motifs is 1. The number of rotatable bonds is 0. The van der Waals surface area contributed by atoms with Crippen molar-refractivity contribution in [2.45, 2.75) is 52.4 Å². The van der Waals surface area contributed by atoms with Crippen molar-refractivity contribution in [1.82, 2.24) is 0 Å². The van der Waals surface area contributed by atoms with Gasteiger partial charge in [-0.2, -0.15) is 0 Å². The molecule has 0 saturated heterocycles. The van der Waals surface area contributed by atoms with Crippen molar-refractivity contribution in [3.8, 4) is 95.2 Å². The summed E-state index contributed by atoms with van der Waals surface area (Å²) < 4.78 is 0. The molecule has 53 heavy (non-hydrogen) atoms. The third-order valence-electron chi connectivity index (χ3n) is 6.17. The van der Waals surface area contributed by atoms with E-state index in [-0.39, 0.29) is 5.41 Å². The first-order valence-electron chi connectivity index (χ1n) is 15.5. The molecule has 0 nitrogen and oxygen atoms in total. The van der Waals surface area contributed by atoms with Gasteiger partial charge in [-0.25, -0.2) is 0 Å². The summed E-state index contributed by atoms with van der Waals surface area (Å²) in [7, 11) is 0. The number of benzene rings is 1. The van der Waals surface area contributed by atoms with Crippen molar-refractivity contribution in [2.24, 2.45) is 0 Å². The van der Waals surface area contributed by atoms with Gasteiger partial charge in [0, 0.05) is 22.3 Å². The van der Waals surface area contributed by atoms with E-state index in [0.29, 0.717) is 24.0 Å². The van der Waals surface area contributed by atoms with E-state index < -0.39 is 0 Å². The normalized spacial score (nSPS) is 8.36. The van der Waals surface area contributed by atoms with Gasteiger partial charge in [0.15, 0.2) is 0 Å². The second-order valence-corrected chi connectivity index (χ2v) is 10.7. The van der Waals surface area contributed by atoms with Crippen molar-refractivity contribution >= 4 is 11.1 Å². The maximum absolute atomic E-state index is 5.22. The summed E-state index contributed by atoms with van der Waals surface area (Å²) in [6.45, 7) is 14.8. The van der Waals surface area contributed by atoms with Crippen LogP contribution >= 0.6 is 0 Å². The summed E-state index contributed by atoms with van der Waals surface area (Å²) in [5.74, 6) is 41.4. The van der Waals surface area contributed by atoms with Gasteiger partial charge in [-0.3, -0.25) is 0 Å². The molecule has 0 bridgehead atoms. The molecule has 0 heteroatoms. The Hall–Kier alpha value is -9.00. The molecule has 1 aliphatic rings. The minimum atomic E-state index is -0.371. The second-order valence-electron chi connectivity index (χ2n) is 10.7. The molecule has 0 saturated carbocycles. The fourth-order valence-electron chi connectivity index (χ4n) is 4.19. The summed E-state index contributed by atoms with van der Waals surface area (Å²) in [6.07, 6.45) is 7.26. The zero-order valence-electron chi connectivity index (χ0n) is 29.7. The highest BCUT2D eigenvalue weighted by Crippen LogP contribution is 2.41. The van der Waals surface area contributed by atoms with Crippen LogP contribution < -0.4 is 0 Å². The number of allylic oxidation sites excluding steroid dienone is 2. The Labute approximate surface area is 313 Å². The molecule has 0 unspecified atom stereocenters. The average Bonchev–Trinajstić information content (AvgIpc) is 3.31. The fourth-order valence-corrected chi connectivity index (χ4v) is 4.19. The zero-order chi connectivity index (χ0) is 38.4. The summed E-state index contributed by atoms with van der Waals surface area (Å²) in [4.78, 5) is 0. The number of terminal acetylenes is 1. The van der Waals surface area contributed by atoms with Crippen LogP contribution in [0.1, 0.15) is 74.8 Å². The zero-order valence-corrected chi connectivity index (χ0v) is 29.7. The van der Waals surface area contributed by atoms with Gasteiger partial charge in [0.1, 0.15) is 0 Å². The highest BCUT2D eigenvalue weighted by atomic mass is 14.3. The topological polar surface area (TPSA) is 0 Å². The lowest BCUT2D eigenvalue weighted by Crippen LogP contribution is -2.16. The SMILES string of the molecule is C#CC#CC#CC#Cc1c(C(C)(C)C)cc2c(c1C#CC#CC#CC#CC)C(=C=C=C=C=C=C=C=C=C=C)CCCC2=C=C=C=C=C=C=C=C=C=C=C. The van der Waals surface area contributed by atoms with Gasteiger partial charge in [0.25, 0.3) is 0 Å². The van der Waals surface area contributed by atoms with Crippen LogP contribution in [0.5, 0.6) is 0 Å². The molecule has 1 aromatic carbocycles. The molecule has 1 aromatic rings. The van der Waals surface area contributed by atoms with Gasteiger partial charge < -0.3 is 0 Å². The van der Waals surface area contributed by atoms with Crippen LogP contribution in [-0.4, -0.2) is 0 Å². The quantitative estimate of drug-likeness (QED) is 0.149. The third-order valence-corrected chi connectivity index (χ3v) is 6.17. The van der Waals surface area contributed by atoms with Crippen LogP contribution in [0.4, 0.5) is 0 Å². The summed E-state index contributed by atoms with van der Waals surface area (Å²) >= 11 is 0. The Morgan fingerprint density at radius 3 is 1.47 bits per heavy atom. The lowest BCUT2D eigenvalue weighted by Gasteiger charge is -2.25. The van der Waals surface area contributed by atoms with E-state index in [0.717, 1.165) is 34.3 Å². The van der Waals surface area contributed by atoms with E-state index >= 15 is 0 Å². The van der Waals surface area contributed by atoms with Crippen molar-refractivity contribution < 1.29 is 0 Å². The van der Waals surface area contributed by atoms with E-state index in [4.69, 9.17) is 6.42 Å². The minimum absolute atomic E-state index is 0.371. The molecule has 0 radical (unpaired) electrons. The molecule has 0 atom stereocenters. The molecule has 1 aliphatic carbocycles. The Morgan fingerprint density at radius 2 is 0.962 bits per heavy atom. The lowest BCUT2D eigenvalue weighted by atomic mass is 9.77. The van der Waals surface area contributed by atoms with Crippen molar-refractivity contribution in [2.75, 3.05) is 0 Å². The molecule has 0 N–H and O–H groups in total. The van der Waals surface area contributed by atoms with E-state index in [9.17, 15) is 0 Å². The second kappa shape index (κ2) is 24.2. The van der Waals surface area contributed by atoms with Gasteiger partial charge in [0.2, 0.25) is 0 Å². The van der Waals surface area contributed by atoms with Crippen LogP contribution in [0.3, 0.4) is 0 Å². The molecule has 0 aliphatic heterocycles. The first-order valence-corrected chi connectivity index (χ1v) is 15.5. The molecular weight excluding hydrogens is 637 g/mol. The fraction of sp³-hybridized carbons (Fsp3) is 0.151. The smallest absolute Gasteiger partial charge is 0.0503 e. The van der Waals surface area contributed by atoms with Crippen LogP contribution in [0.2, 0.25) is 0 Å². The minimum Gasteiger partial charge on any atom is -0.106 e. The molecule has 0 aromatic heterocycles. The summed E-state index contributed by atoms with van der Waals surface area (Å²) in [5.41, 5.74) is 56.8. The van der Waals surface area contributed by atoms with Crippen LogP contribution in [0.25, 0.3) is 11.1 Å². The van der Waals surface area contributed by atoms with Crippen molar-refractivity contribution in [1.29, 1.82) is 0 Å². The van der Waals surface area contributed by atoms with Crippen molar-refractivity contribution in [3.63, 3.8) is 0 Å². The van der Waals surface area contributed by atoms with E-state index in [2.05, 4.69) is 238 Å². The first kappa shape index (κ1) is 40.2. The highest BCUT2D eigenvalue weighted by Gasteiger charge is 2.28. The molecule has 0 spiro atoms. The summed E-state index contributed by atoms with van der Waals surface area (Å²) in [6, 6.07) is 2.10. The predicted octanol–water partition coefficient (Wildman–Crippen LogP) is 8.51. The van der Waals surface area contributed by atoms with E-state index in [1.807, 2.05) is 0 Å². The Balaban J connectivity index is 3.44. The maximum atomic E-state index is 5.22. The van der Waals surface area contributed by atoms with Crippen LogP contribution in [0.15, 0.2) is 128 Å². The van der Waals surface area contributed by atoms with Gasteiger partial charge in [-0.15, -0.1) is 6.42 Å². The molecule has 236 valence electrons. The number of hydrogen-bond acceptors (Lipinski definition) is 0. The van der Waals surface area contributed by atoms with Crippen molar-refractivity contribution in [3.05, 3.63) is 156 Å².